The van der Waals surface area contributed by atoms with Gasteiger partial charge in [-0.1, -0.05) is 23.6 Å². The molecule has 3 amide bonds. The molecule has 0 bridgehead atoms. The summed E-state index contributed by atoms with van der Waals surface area (Å²) >= 11 is 6.76. The second-order valence-electron chi connectivity index (χ2n) is 10.2. The number of halogens is 1. The van der Waals surface area contributed by atoms with E-state index in [0.29, 0.717) is 55.4 Å². The Morgan fingerprint density at radius 2 is 1.84 bits per heavy atom. The van der Waals surface area contributed by atoms with Gasteiger partial charge in [-0.3, -0.25) is 14.4 Å². The maximum Gasteiger partial charge on any atom is 0.410 e. The standard InChI is InChI=1S/C27H35ClN4O6/c1-6-19(16-22(34)37-7-2)29-21(33)17-32-11-10-18-8-9-20(24(28)23(18)25(32)35)30-12-14-31(15-13-30)26(36)38-27(3,4)5/h1,8-9,19H,7,10-17H2,2-5H3,(H,29,33)/t19-/m1/s1. The Morgan fingerprint density at radius 3 is 2.45 bits per heavy atom. The minimum absolute atomic E-state index is 0.150. The van der Waals surface area contributed by atoms with Crippen molar-refractivity contribution in [3.8, 4) is 12.3 Å². The molecule has 0 aliphatic carbocycles. The van der Waals surface area contributed by atoms with Crippen molar-refractivity contribution in [3.63, 3.8) is 0 Å². The molecule has 2 heterocycles. The van der Waals surface area contributed by atoms with E-state index < -0.39 is 23.5 Å². The third kappa shape index (κ3) is 7.32. The van der Waals surface area contributed by atoms with Gasteiger partial charge < -0.3 is 29.5 Å². The van der Waals surface area contributed by atoms with E-state index in [4.69, 9.17) is 27.5 Å². The summed E-state index contributed by atoms with van der Waals surface area (Å²) in [7, 11) is 0. The van der Waals surface area contributed by atoms with Gasteiger partial charge in [0.2, 0.25) is 5.91 Å². The Hall–Kier alpha value is -3.45. The number of carbonyl (C=O) groups excluding carboxylic acids is 4. The molecule has 0 aromatic heterocycles. The summed E-state index contributed by atoms with van der Waals surface area (Å²) in [5.41, 5.74) is 1.33. The number of benzene rings is 1. The number of piperazine rings is 1. The van der Waals surface area contributed by atoms with Gasteiger partial charge >= 0.3 is 12.1 Å². The summed E-state index contributed by atoms with van der Waals surface area (Å²) in [6.45, 7) is 9.51. The number of fused-ring (bicyclic) bond motifs is 1. The highest BCUT2D eigenvalue weighted by Crippen LogP contribution is 2.35. The lowest BCUT2D eigenvalue weighted by atomic mass is 9.97. The first kappa shape index (κ1) is 29.1. The fraction of sp³-hybridized carbons (Fsp3) is 0.556. The van der Waals surface area contributed by atoms with Crippen LogP contribution in [-0.4, -0.2) is 91.2 Å². The van der Waals surface area contributed by atoms with Crippen LogP contribution in [0.15, 0.2) is 12.1 Å². The summed E-state index contributed by atoms with van der Waals surface area (Å²) in [4.78, 5) is 55.2. The zero-order chi connectivity index (χ0) is 28.0. The number of nitrogens with one attached hydrogen (secondary N) is 1. The fourth-order valence-electron chi connectivity index (χ4n) is 4.36. The molecule has 1 saturated heterocycles. The third-order valence-corrected chi connectivity index (χ3v) is 6.56. The van der Waals surface area contributed by atoms with E-state index in [2.05, 4.69) is 11.2 Å². The molecule has 0 spiro atoms. The van der Waals surface area contributed by atoms with Crippen molar-refractivity contribution in [3.05, 3.63) is 28.3 Å². The lowest BCUT2D eigenvalue weighted by molar-refractivity contribution is -0.143. The Labute approximate surface area is 228 Å². The fourth-order valence-corrected chi connectivity index (χ4v) is 4.75. The highest BCUT2D eigenvalue weighted by atomic mass is 35.5. The number of rotatable bonds is 7. The van der Waals surface area contributed by atoms with Gasteiger partial charge in [-0.05, 0) is 45.7 Å². The Kier molecular flexibility index (Phi) is 9.50. The number of anilines is 1. The van der Waals surface area contributed by atoms with Crippen molar-refractivity contribution in [2.75, 3.05) is 50.8 Å². The number of ether oxygens (including phenoxy) is 2. The molecule has 0 unspecified atom stereocenters. The SMILES string of the molecule is C#C[C@H](CC(=O)OCC)NC(=O)CN1CCc2ccc(N3CCN(C(=O)OC(C)(C)C)CC3)c(Cl)c2C1=O. The van der Waals surface area contributed by atoms with E-state index in [1.165, 1.54) is 4.90 Å². The number of esters is 1. The predicted molar refractivity (Wildman–Crippen MR) is 143 cm³/mol. The number of amides is 3. The highest BCUT2D eigenvalue weighted by molar-refractivity contribution is 6.36. The summed E-state index contributed by atoms with van der Waals surface area (Å²) in [6, 6.07) is 2.95. The van der Waals surface area contributed by atoms with Crippen LogP contribution in [0.5, 0.6) is 0 Å². The van der Waals surface area contributed by atoms with Crippen molar-refractivity contribution in [2.45, 2.75) is 52.2 Å². The maximum atomic E-state index is 13.4. The molecule has 2 aliphatic heterocycles. The van der Waals surface area contributed by atoms with E-state index >= 15 is 0 Å². The zero-order valence-corrected chi connectivity index (χ0v) is 23.1. The topological polar surface area (TPSA) is 108 Å². The van der Waals surface area contributed by atoms with Gasteiger partial charge in [0.1, 0.15) is 11.6 Å². The molecule has 3 rings (SSSR count). The smallest absolute Gasteiger partial charge is 0.410 e. The minimum atomic E-state index is -0.830. The molecule has 0 saturated carbocycles. The van der Waals surface area contributed by atoms with Crippen LogP contribution >= 0.6 is 11.6 Å². The average molecular weight is 547 g/mol. The number of hydrogen-bond acceptors (Lipinski definition) is 7. The summed E-state index contributed by atoms with van der Waals surface area (Å²) in [5.74, 6) is 1.04. The van der Waals surface area contributed by atoms with E-state index in [-0.39, 0.29) is 31.6 Å². The van der Waals surface area contributed by atoms with Gasteiger partial charge in [0, 0.05) is 32.7 Å². The van der Waals surface area contributed by atoms with Crippen LogP contribution in [0, 0.1) is 12.3 Å². The van der Waals surface area contributed by atoms with Gasteiger partial charge in [-0.25, -0.2) is 4.79 Å². The van der Waals surface area contributed by atoms with Crippen LogP contribution in [0.25, 0.3) is 0 Å². The van der Waals surface area contributed by atoms with Crippen molar-refractivity contribution in [1.29, 1.82) is 0 Å². The van der Waals surface area contributed by atoms with Crippen molar-refractivity contribution in [1.82, 2.24) is 15.1 Å². The lowest BCUT2D eigenvalue weighted by Crippen LogP contribution is -2.50. The Balaban J connectivity index is 1.65. The van der Waals surface area contributed by atoms with E-state index in [1.54, 1.807) is 11.8 Å². The van der Waals surface area contributed by atoms with Crippen molar-refractivity contribution >= 4 is 41.2 Å². The quantitative estimate of drug-likeness (QED) is 0.413. The number of nitrogens with zero attached hydrogens (tertiary/aromatic N) is 3. The Morgan fingerprint density at radius 1 is 1.16 bits per heavy atom. The van der Waals surface area contributed by atoms with Crippen LogP contribution in [0.4, 0.5) is 10.5 Å². The van der Waals surface area contributed by atoms with E-state index in [1.807, 2.05) is 37.8 Å². The van der Waals surface area contributed by atoms with Gasteiger partial charge in [-0.15, -0.1) is 6.42 Å². The molecule has 11 heteroatoms. The molecule has 38 heavy (non-hydrogen) atoms. The van der Waals surface area contributed by atoms with Crippen LogP contribution in [0.2, 0.25) is 5.02 Å². The average Bonchev–Trinajstić information content (AvgIpc) is 2.84. The summed E-state index contributed by atoms with van der Waals surface area (Å²) in [5, 5.41) is 2.93. The molecule has 1 aromatic carbocycles. The highest BCUT2D eigenvalue weighted by Gasteiger charge is 2.32. The Bertz CT molecular complexity index is 1120. The normalized spacial score (nSPS) is 16.3. The number of terminal acetylenes is 1. The first-order valence-electron chi connectivity index (χ1n) is 12.7. The van der Waals surface area contributed by atoms with Gasteiger partial charge in [0.25, 0.3) is 5.91 Å². The molecular weight excluding hydrogens is 512 g/mol. The molecule has 0 radical (unpaired) electrons. The van der Waals surface area contributed by atoms with Crippen LogP contribution in [-0.2, 0) is 25.5 Å². The number of hydrogen-bond donors (Lipinski definition) is 1. The van der Waals surface area contributed by atoms with Crippen LogP contribution < -0.4 is 10.2 Å². The molecule has 1 fully saturated rings. The van der Waals surface area contributed by atoms with Gasteiger partial charge in [0.15, 0.2) is 0 Å². The molecule has 10 nitrogen and oxygen atoms in total. The molecule has 2 aliphatic rings. The first-order chi connectivity index (χ1) is 17.9. The van der Waals surface area contributed by atoms with Gasteiger partial charge in [-0.2, -0.15) is 0 Å². The second kappa shape index (κ2) is 12.4. The molecular formula is C27H35ClN4O6. The molecule has 1 atom stereocenters. The largest absolute Gasteiger partial charge is 0.466 e. The maximum absolute atomic E-state index is 13.4. The van der Waals surface area contributed by atoms with Crippen LogP contribution in [0.1, 0.15) is 50.0 Å². The first-order valence-corrected chi connectivity index (χ1v) is 13.1. The van der Waals surface area contributed by atoms with Crippen molar-refractivity contribution in [2.24, 2.45) is 0 Å². The summed E-state index contributed by atoms with van der Waals surface area (Å²) in [6.07, 6.45) is 5.48. The lowest BCUT2D eigenvalue weighted by Gasteiger charge is -2.38. The van der Waals surface area contributed by atoms with Crippen molar-refractivity contribution < 1.29 is 28.7 Å². The minimum Gasteiger partial charge on any atom is -0.466 e. The van der Waals surface area contributed by atoms with E-state index in [0.717, 1.165) is 5.56 Å². The predicted octanol–water partition coefficient (Wildman–Crippen LogP) is 2.47. The monoisotopic (exact) mass is 546 g/mol. The third-order valence-electron chi connectivity index (χ3n) is 6.18. The molecule has 1 aromatic rings. The van der Waals surface area contributed by atoms with E-state index in [9.17, 15) is 19.2 Å². The van der Waals surface area contributed by atoms with Crippen LogP contribution in [0.3, 0.4) is 0 Å². The second-order valence-corrected chi connectivity index (χ2v) is 10.5. The van der Waals surface area contributed by atoms with Gasteiger partial charge in [0.05, 0.1) is 35.8 Å². The summed E-state index contributed by atoms with van der Waals surface area (Å²) < 4.78 is 10.3. The molecule has 206 valence electrons. The zero-order valence-electron chi connectivity index (χ0n) is 22.3. The number of carbonyl (C=O) groups is 4. The molecule has 1 N–H and O–H groups in total.